The summed E-state index contributed by atoms with van der Waals surface area (Å²) in [4.78, 5) is 14.9. The van der Waals surface area contributed by atoms with E-state index >= 15 is 0 Å². The van der Waals surface area contributed by atoms with Gasteiger partial charge in [-0.15, -0.1) is 17.9 Å². The van der Waals surface area contributed by atoms with Crippen LogP contribution >= 0.6 is 22.9 Å². The molecule has 0 saturated heterocycles. The summed E-state index contributed by atoms with van der Waals surface area (Å²) in [6.45, 7) is 4.77. The van der Waals surface area contributed by atoms with Gasteiger partial charge in [-0.05, 0) is 24.3 Å². The van der Waals surface area contributed by atoms with E-state index in [-0.39, 0.29) is 18.1 Å². The summed E-state index contributed by atoms with van der Waals surface area (Å²) < 4.78 is 26.9. The van der Waals surface area contributed by atoms with Crippen molar-refractivity contribution in [3.8, 4) is 0 Å². The zero-order chi connectivity index (χ0) is 16.8. The minimum absolute atomic E-state index is 0.0691. The maximum atomic E-state index is 13.1. The van der Waals surface area contributed by atoms with Crippen LogP contribution in [0.25, 0.3) is 0 Å². The van der Waals surface area contributed by atoms with Crippen LogP contribution in [0, 0.1) is 11.6 Å². The van der Waals surface area contributed by atoms with E-state index in [0.29, 0.717) is 17.4 Å². The van der Waals surface area contributed by atoms with Crippen LogP contribution in [-0.4, -0.2) is 23.9 Å². The Morgan fingerprint density at radius 1 is 1.30 bits per heavy atom. The first kappa shape index (κ1) is 17.6. The Hall–Kier alpha value is -1.76. The first-order chi connectivity index (χ1) is 11.0. The predicted octanol–water partition coefficient (Wildman–Crippen LogP) is 4.31. The minimum atomic E-state index is -0.739. The van der Waals surface area contributed by atoms with Crippen molar-refractivity contribution in [1.82, 2.24) is 4.90 Å². The van der Waals surface area contributed by atoms with Crippen LogP contribution in [0.5, 0.6) is 0 Å². The standard InChI is InChI=1S/C16H15ClF2N2OS/c1-2-5-21(9-14-3-4-15(17)23-14)10-16(22)20-13-7-11(18)6-12(19)8-13/h2-4,6-8H,1,5,9-10H2,(H,20,22). The second kappa shape index (κ2) is 8.19. The van der Waals surface area contributed by atoms with Crippen LogP contribution in [-0.2, 0) is 11.3 Å². The lowest BCUT2D eigenvalue weighted by molar-refractivity contribution is -0.117. The van der Waals surface area contributed by atoms with E-state index in [9.17, 15) is 13.6 Å². The first-order valence-electron chi connectivity index (χ1n) is 6.79. The Labute approximate surface area is 142 Å². The van der Waals surface area contributed by atoms with Gasteiger partial charge in [0.15, 0.2) is 0 Å². The first-order valence-corrected chi connectivity index (χ1v) is 7.99. The summed E-state index contributed by atoms with van der Waals surface area (Å²) in [5.41, 5.74) is 0.0882. The van der Waals surface area contributed by atoms with Gasteiger partial charge in [-0.25, -0.2) is 8.78 Å². The van der Waals surface area contributed by atoms with Crippen molar-refractivity contribution in [1.29, 1.82) is 0 Å². The number of carbonyl (C=O) groups is 1. The van der Waals surface area contributed by atoms with Gasteiger partial charge in [-0.1, -0.05) is 17.7 Å². The van der Waals surface area contributed by atoms with Gasteiger partial charge < -0.3 is 5.32 Å². The number of hydrogen-bond donors (Lipinski definition) is 1. The molecule has 1 heterocycles. The minimum Gasteiger partial charge on any atom is -0.325 e. The van der Waals surface area contributed by atoms with E-state index in [2.05, 4.69) is 11.9 Å². The molecular formula is C16H15ClF2N2OS. The number of amides is 1. The van der Waals surface area contributed by atoms with Crippen molar-refractivity contribution in [2.24, 2.45) is 0 Å². The second-order valence-corrected chi connectivity index (χ2v) is 6.67. The number of carbonyl (C=O) groups excluding carboxylic acids is 1. The highest BCUT2D eigenvalue weighted by Crippen LogP contribution is 2.22. The Morgan fingerprint density at radius 2 is 2.00 bits per heavy atom. The molecule has 7 heteroatoms. The highest BCUT2D eigenvalue weighted by Gasteiger charge is 2.12. The number of nitrogens with zero attached hydrogens (tertiary/aromatic N) is 1. The zero-order valence-electron chi connectivity index (χ0n) is 12.2. The summed E-state index contributed by atoms with van der Waals surface area (Å²) in [6.07, 6.45) is 1.68. The molecule has 122 valence electrons. The fourth-order valence-electron chi connectivity index (χ4n) is 2.05. The predicted molar refractivity (Wildman–Crippen MR) is 89.8 cm³/mol. The molecule has 0 radical (unpaired) electrons. The maximum absolute atomic E-state index is 13.1. The molecule has 0 unspecified atom stereocenters. The van der Waals surface area contributed by atoms with Crippen molar-refractivity contribution in [2.75, 3.05) is 18.4 Å². The molecule has 0 saturated carbocycles. The lowest BCUT2D eigenvalue weighted by Crippen LogP contribution is -2.32. The molecule has 1 amide bonds. The number of benzene rings is 1. The van der Waals surface area contributed by atoms with Crippen LogP contribution in [0.4, 0.5) is 14.5 Å². The number of thiophene rings is 1. The number of halogens is 3. The third kappa shape index (κ3) is 5.74. The van der Waals surface area contributed by atoms with Crippen LogP contribution in [0.3, 0.4) is 0 Å². The highest BCUT2D eigenvalue weighted by atomic mass is 35.5. The van der Waals surface area contributed by atoms with Gasteiger partial charge in [0.1, 0.15) is 11.6 Å². The third-order valence-corrected chi connectivity index (χ3v) is 4.13. The highest BCUT2D eigenvalue weighted by molar-refractivity contribution is 7.16. The molecule has 0 atom stereocenters. The average molecular weight is 357 g/mol. The molecule has 3 nitrogen and oxygen atoms in total. The molecule has 1 aromatic carbocycles. The molecule has 0 aliphatic rings. The zero-order valence-corrected chi connectivity index (χ0v) is 13.8. The van der Waals surface area contributed by atoms with Crippen LogP contribution in [0.2, 0.25) is 4.34 Å². The average Bonchev–Trinajstić information content (AvgIpc) is 2.82. The number of anilines is 1. The quantitative estimate of drug-likeness (QED) is 0.750. The molecule has 1 N–H and O–H groups in total. The SMILES string of the molecule is C=CCN(CC(=O)Nc1cc(F)cc(F)c1)Cc1ccc(Cl)s1. The molecule has 2 aromatic rings. The van der Waals surface area contributed by atoms with Crippen LogP contribution in [0.1, 0.15) is 4.88 Å². The molecule has 0 aliphatic heterocycles. The topological polar surface area (TPSA) is 32.3 Å². The lowest BCUT2D eigenvalue weighted by atomic mass is 10.3. The van der Waals surface area contributed by atoms with E-state index in [0.717, 1.165) is 23.1 Å². The molecule has 23 heavy (non-hydrogen) atoms. The van der Waals surface area contributed by atoms with E-state index in [1.807, 2.05) is 11.0 Å². The summed E-state index contributed by atoms with van der Waals surface area (Å²) in [5.74, 6) is -1.84. The van der Waals surface area contributed by atoms with Crippen molar-refractivity contribution >= 4 is 34.5 Å². The smallest absolute Gasteiger partial charge is 0.238 e. The molecule has 0 spiro atoms. The molecule has 0 fully saturated rings. The number of nitrogens with one attached hydrogen (secondary N) is 1. The maximum Gasteiger partial charge on any atom is 0.238 e. The van der Waals surface area contributed by atoms with Crippen LogP contribution in [0.15, 0.2) is 43.0 Å². The van der Waals surface area contributed by atoms with Gasteiger partial charge in [-0.2, -0.15) is 0 Å². The summed E-state index contributed by atoms with van der Waals surface area (Å²) >= 11 is 7.33. The van der Waals surface area contributed by atoms with Crippen molar-refractivity contribution < 1.29 is 13.6 Å². The van der Waals surface area contributed by atoms with Gasteiger partial charge in [0.05, 0.1) is 10.9 Å². The van der Waals surface area contributed by atoms with Crippen molar-refractivity contribution in [3.63, 3.8) is 0 Å². The van der Waals surface area contributed by atoms with E-state index < -0.39 is 11.6 Å². The van der Waals surface area contributed by atoms with Crippen molar-refractivity contribution in [3.05, 3.63) is 63.8 Å². The second-order valence-electron chi connectivity index (χ2n) is 4.87. The van der Waals surface area contributed by atoms with E-state index in [1.165, 1.54) is 11.3 Å². The number of rotatable bonds is 7. The van der Waals surface area contributed by atoms with Gasteiger partial charge >= 0.3 is 0 Å². The summed E-state index contributed by atoms with van der Waals surface area (Å²) in [5, 5.41) is 2.49. The van der Waals surface area contributed by atoms with E-state index in [1.54, 1.807) is 12.1 Å². The van der Waals surface area contributed by atoms with Gasteiger partial charge in [-0.3, -0.25) is 9.69 Å². The monoisotopic (exact) mass is 356 g/mol. The lowest BCUT2D eigenvalue weighted by Gasteiger charge is -2.19. The molecular weight excluding hydrogens is 342 g/mol. The molecule has 0 bridgehead atoms. The Bertz CT molecular complexity index is 685. The fraction of sp³-hybridized carbons (Fsp3) is 0.188. The van der Waals surface area contributed by atoms with Crippen LogP contribution < -0.4 is 5.32 Å². The Balaban J connectivity index is 1.98. The molecule has 1 aromatic heterocycles. The van der Waals surface area contributed by atoms with Gasteiger partial charge in [0, 0.05) is 29.7 Å². The van der Waals surface area contributed by atoms with E-state index in [4.69, 9.17) is 11.6 Å². The molecule has 2 rings (SSSR count). The van der Waals surface area contributed by atoms with Gasteiger partial charge in [0.25, 0.3) is 0 Å². The summed E-state index contributed by atoms with van der Waals surface area (Å²) in [7, 11) is 0. The van der Waals surface area contributed by atoms with Gasteiger partial charge in [0.2, 0.25) is 5.91 Å². The Kier molecular flexibility index (Phi) is 6.27. The molecule has 0 aliphatic carbocycles. The Morgan fingerprint density at radius 3 is 2.57 bits per heavy atom. The van der Waals surface area contributed by atoms with Crippen molar-refractivity contribution in [2.45, 2.75) is 6.54 Å². The fourth-order valence-corrected chi connectivity index (χ4v) is 3.18. The summed E-state index contributed by atoms with van der Waals surface area (Å²) in [6, 6.07) is 6.57. The third-order valence-electron chi connectivity index (χ3n) is 2.91. The largest absolute Gasteiger partial charge is 0.325 e. The normalized spacial score (nSPS) is 10.8. The number of hydrogen-bond acceptors (Lipinski definition) is 3.